The van der Waals surface area contributed by atoms with Gasteiger partial charge in [0, 0.05) is 4.47 Å². The van der Waals surface area contributed by atoms with Crippen LogP contribution < -0.4 is 10.6 Å². The highest BCUT2D eigenvalue weighted by molar-refractivity contribution is 9.10. The zero-order valence-electron chi connectivity index (χ0n) is 10.7. The molecule has 0 saturated carbocycles. The van der Waals surface area contributed by atoms with Crippen LogP contribution in [0.25, 0.3) is 0 Å². The Morgan fingerprint density at radius 2 is 2.20 bits per heavy atom. The van der Waals surface area contributed by atoms with Crippen LogP contribution in [-0.4, -0.2) is 35.2 Å². The topological polar surface area (TPSA) is 78.4 Å². The van der Waals surface area contributed by atoms with E-state index in [9.17, 15) is 14.0 Å². The van der Waals surface area contributed by atoms with E-state index in [4.69, 9.17) is 5.11 Å². The summed E-state index contributed by atoms with van der Waals surface area (Å²) in [7, 11) is 0. The van der Waals surface area contributed by atoms with Crippen LogP contribution in [0.5, 0.6) is 0 Å². The Morgan fingerprint density at radius 3 is 2.75 bits per heavy atom. The maximum atomic E-state index is 13.5. The van der Waals surface area contributed by atoms with Crippen molar-refractivity contribution in [2.45, 2.75) is 12.5 Å². The molecule has 0 heterocycles. The molecule has 3 N–H and O–H groups in total. The molecule has 0 aliphatic rings. The van der Waals surface area contributed by atoms with Gasteiger partial charge < -0.3 is 15.7 Å². The number of nitrogens with one attached hydrogen (secondary N) is 2. The largest absolute Gasteiger partial charge is 0.480 e. The molecule has 0 fully saturated rings. The number of anilines is 1. The van der Waals surface area contributed by atoms with Crippen LogP contribution >= 0.6 is 27.7 Å². The smallest absolute Gasteiger partial charge is 0.326 e. The summed E-state index contributed by atoms with van der Waals surface area (Å²) in [5.41, 5.74) is -0.0142. The van der Waals surface area contributed by atoms with E-state index in [0.29, 0.717) is 16.6 Å². The molecule has 1 aromatic rings. The second-order valence-corrected chi connectivity index (χ2v) is 5.80. The molecule has 0 saturated heterocycles. The van der Waals surface area contributed by atoms with Gasteiger partial charge in [-0.2, -0.15) is 11.8 Å². The van der Waals surface area contributed by atoms with Crippen LogP contribution in [0.15, 0.2) is 22.7 Å². The SMILES string of the molecule is CSCCC(NC(=O)Nc1ccc(Br)cc1F)C(=O)O. The van der Waals surface area contributed by atoms with E-state index >= 15 is 0 Å². The summed E-state index contributed by atoms with van der Waals surface area (Å²) >= 11 is 4.58. The van der Waals surface area contributed by atoms with Gasteiger partial charge in [0.05, 0.1) is 5.69 Å². The Bertz CT molecular complexity index is 502. The number of carbonyl (C=O) groups is 2. The zero-order chi connectivity index (χ0) is 15.1. The summed E-state index contributed by atoms with van der Waals surface area (Å²) in [5.74, 6) is -1.12. The molecular formula is C12H14BrFN2O3S. The van der Waals surface area contributed by atoms with Crippen LogP contribution in [0.1, 0.15) is 6.42 Å². The standard InChI is InChI=1S/C12H14BrFN2O3S/c1-20-5-4-10(11(17)18)16-12(19)15-9-3-2-7(13)6-8(9)14/h2-3,6,10H,4-5H2,1H3,(H,17,18)(H2,15,16,19). The van der Waals surface area contributed by atoms with E-state index < -0.39 is 23.9 Å². The van der Waals surface area contributed by atoms with Gasteiger partial charge in [0.2, 0.25) is 0 Å². The van der Waals surface area contributed by atoms with E-state index in [1.165, 1.54) is 23.9 Å². The molecule has 2 amide bonds. The number of aliphatic carboxylic acids is 1. The highest BCUT2D eigenvalue weighted by atomic mass is 79.9. The number of carbonyl (C=O) groups excluding carboxylic acids is 1. The van der Waals surface area contributed by atoms with Crippen LogP contribution in [0, 0.1) is 5.82 Å². The van der Waals surface area contributed by atoms with Gasteiger partial charge in [0.15, 0.2) is 0 Å². The van der Waals surface area contributed by atoms with Gasteiger partial charge in [-0.3, -0.25) is 0 Å². The second kappa shape index (κ2) is 8.11. The third-order valence-electron chi connectivity index (χ3n) is 2.39. The Labute approximate surface area is 128 Å². The first-order valence-corrected chi connectivity index (χ1v) is 7.87. The molecule has 0 radical (unpaired) electrons. The number of carboxylic acid groups (broad SMARTS) is 1. The van der Waals surface area contributed by atoms with Gasteiger partial charge in [-0.1, -0.05) is 15.9 Å². The van der Waals surface area contributed by atoms with E-state index in [-0.39, 0.29) is 5.69 Å². The van der Waals surface area contributed by atoms with Crippen LogP contribution in [0.3, 0.4) is 0 Å². The molecular weight excluding hydrogens is 351 g/mol. The molecule has 8 heteroatoms. The number of rotatable bonds is 6. The Balaban J connectivity index is 2.63. The summed E-state index contributed by atoms with van der Waals surface area (Å²) in [5, 5.41) is 13.6. The number of hydrogen-bond donors (Lipinski definition) is 3. The van der Waals surface area contributed by atoms with Crippen LogP contribution in [-0.2, 0) is 4.79 Å². The molecule has 0 bridgehead atoms. The molecule has 0 spiro atoms. The van der Waals surface area contributed by atoms with Gasteiger partial charge in [-0.25, -0.2) is 14.0 Å². The summed E-state index contributed by atoms with van der Waals surface area (Å²) in [6.45, 7) is 0. The predicted octanol–water partition coefficient (Wildman–Crippen LogP) is 2.92. The molecule has 0 aliphatic heterocycles. The van der Waals surface area contributed by atoms with Crippen molar-refractivity contribution < 1.29 is 19.1 Å². The number of carboxylic acids is 1. The van der Waals surface area contributed by atoms with Crippen LogP contribution in [0.4, 0.5) is 14.9 Å². The predicted molar refractivity (Wildman–Crippen MR) is 80.7 cm³/mol. The summed E-state index contributed by atoms with van der Waals surface area (Å²) in [6.07, 6.45) is 2.14. The van der Waals surface area contributed by atoms with Crippen molar-refractivity contribution in [2.75, 3.05) is 17.3 Å². The van der Waals surface area contributed by atoms with Crippen molar-refractivity contribution >= 4 is 45.4 Å². The van der Waals surface area contributed by atoms with E-state index in [0.717, 1.165) is 0 Å². The Morgan fingerprint density at radius 1 is 1.50 bits per heavy atom. The lowest BCUT2D eigenvalue weighted by molar-refractivity contribution is -0.139. The zero-order valence-corrected chi connectivity index (χ0v) is 13.1. The summed E-state index contributed by atoms with van der Waals surface area (Å²) in [4.78, 5) is 22.6. The minimum atomic E-state index is -1.12. The van der Waals surface area contributed by atoms with Crippen molar-refractivity contribution in [3.63, 3.8) is 0 Å². The maximum absolute atomic E-state index is 13.5. The fourth-order valence-electron chi connectivity index (χ4n) is 1.40. The van der Waals surface area contributed by atoms with Crippen molar-refractivity contribution in [1.82, 2.24) is 5.32 Å². The molecule has 1 rings (SSSR count). The highest BCUT2D eigenvalue weighted by Gasteiger charge is 2.19. The first-order chi connectivity index (χ1) is 9.43. The first-order valence-electron chi connectivity index (χ1n) is 5.68. The molecule has 5 nitrogen and oxygen atoms in total. The number of amides is 2. The van der Waals surface area contributed by atoms with Crippen molar-refractivity contribution in [3.05, 3.63) is 28.5 Å². The molecule has 1 aromatic carbocycles. The average molecular weight is 365 g/mol. The summed E-state index contributed by atoms with van der Waals surface area (Å²) in [6, 6.07) is 2.41. The molecule has 20 heavy (non-hydrogen) atoms. The highest BCUT2D eigenvalue weighted by Crippen LogP contribution is 2.19. The average Bonchev–Trinajstić information content (AvgIpc) is 2.37. The van der Waals surface area contributed by atoms with E-state index in [1.54, 1.807) is 6.07 Å². The molecule has 110 valence electrons. The van der Waals surface area contributed by atoms with Gasteiger partial charge in [-0.15, -0.1) is 0 Å². The van der Waals surface area contributed by atoms with E-state index in [1.807, 2.05) is 6.26 Å². The molecule has 1 atom stereocenters. The molecule has 1 unspecified atom stereocenters. The lowest BCUT2D eigenvalue weighted by Gasteiger charge is -2.15. The van der Waals surface area contributed by atoms with Crippen LogP contribution in [0.2, 0.25) is 0 Å². The third kappa shape index (κ3) is 5.38. The number of hydrogen-bond acceptors (Lipinski definition) is 3. The summed E-state index contributed by atoms with van der Waals surface area (Å²) < 4.78 is 14.1. The normalized spacial score (nSPS) is 11.8. The van der Waals surface area contributed by atoms with Gasteiger partial charge in [0.1, 0.15) is 11.9 Å². The number of halogens is 2. The fourth-order valence-corrected chi connectivity index (χ4v) is 2.21. The Kier molecular flexibility index (Phi) is 6.80. The number of thioether (sulfide) groups is 1. The lowest BCUT2D eigenvalue weighted by Crippen LogP contribution is -2.43. The van der Waals surface area contributed by atoms with Gasteiger partial charge >= 0.3 is 12.0 Å². The maximum Gasteiger partial charge on any atom is 0.326 e. The second-order valence-electron chi connectivity index (χ2n) is 3.89. The number of urea groups is 1. The quantitative estimate of drug-likeness (QED) is 0.724. The Hall–Kier alpha value is -1.28. The lowest BCUT2D eigenvalue weighted by atomic mass is 10.2. The van der Waals surface area contributed by atoms with Gasteiger partial charge in [-0.05, 0) is 36.6 Å². The monoisotopic (exact) mass is 364 g/mol. The molecule has 0 aromatic heterocycles. The minimum absolute atomic E-state index is 0.0142. The minimum Gasteiger partial charge on any atom is -0.480 e. The third-order valence-corrected chi connectivity index (χ3v) is 3.53. The van der Waals surface area contributed by atoms with Crippen molar-refractivity contribution in [1.29, 1.82) is 0 Å². The number of benzene rings is 1. The van der Waals surface area contributed by atoms with Crippen molar-refractivity contribution in [3.8, 4) is 0 Å². The molecule has 0 aliphatic carbocycles. The van der Waals surface area contributed by atoms with Gasteiger partial charge in [0.25, 0.3) is 0 Å². The van der Waals surface area contributed by atoms with Crippen molar-refractivity contribution in [2.24, 2.45) is 0 Å². The first kappa shape index (κ1) is 16.8. The van der Waals surface area contributed by atoms with E-state index in [2.05, 4.69) is 26.6 Å². The fraction of sp³-hybridized carbons (Fsp3) is 0.333.